The molecule has 0 aliphatic carbocycles. The Morgan fingerprint density at radius 3 is 1.79 bits per heavy atom. The third-order valence-corrected chi connectivity index (χ3v) is 4.65. The fraction of sp³-hybridized carbons (Fsp3) is 0.960. The number of hydrogen-bond acceptors (Lipinski definition) is 3. The van der Waals surface area contributed by atoms with E-state index in [0.29, 0.717) is 12.5 Å². The zero-order valence-electron chi connectivity index (χ0n) is 21.6. The van der Waals surface area contributed by atoms with E-state index >= 15 is 0 Å². The first-order valence-electron chi connectivity index (χ1n) is 12.2. The molecule has 0 aromatic carbocycles. The van der Waals surface area contributed by atoms with Crippen LogP contribution in [-0.4, -0.2) is 41.4 Å². The van der Waals surface area contributed by atoms with Gasteiger partial charge in [-0.3, -0.25) is 0 Å². The molecular weight excluding hydrogens is 362 g/mol. The van der Waals surface area contributed by atoms with Crippen molar-refractivity contribution in [3.63, 3.8) is 0 Å². The van der Waals surface area contributed by atoms with Gasteiger partial charge in [-0.2, -0.15) is 0 Å². The molecule has 0 radical (unpaired) electrons. The van der Waals surface area contributed by atoms with E-state index in [-0.39, 0.29) is 11.7 Å². The molecule has 1 aliphatic heterocycles. The Morgan fingerprint density at radius 1 is 1.00 bits per heavy atom. The molecule has 1 fully saturated rings. The molecule has 4 heteroatoms. The Bertz CT molecular complexity index is 331. The highest BCUT2D eigenvalue weighted by atomic mass is 16.6. The lowest BCUT2D eigenvalue weighted by atomic mass is 9.91. The fourth-order valence-electron chi connectivity index (χ4n) is 2.65. The number of nitrogens with zero attached hydrogens (tertiary/aromatic N) is 1. The second-order valence-electron chi connectivity index (χ2n) is 8.76. The highest BCUT2D eigenvalue weighted by Crippen LogP contribution is 2.18. The first-order chi connectivity index (χ1) is 13.6. The van der Waals surface area contributed by atoms with Gasteiger partial charge in [0.1, 0.15) is 5.60 Å². The van der Waals surface area contributed by atoms with E-state index in [4.69, 9.17) is 9.84 Å². The SMILES string of the molecule is CC.CC(C)(C)OC(=O)N1CCCC1.CCCC.CCCC(CO)CC(C)CC. The van der Waals surface area contributed by atoms with Crippen LogP contribution in [0.3, 0.4) is 0 Å². The number of hydrogen-bond donors (Lipinski definition) is 1. The molecule has 1 N–H and O–H groups in total. The largest absolute Gasteiger partial charge is 0.444 e. The van der Waals surface area contributed by atoms with Gasteiger partial charge in [0.25, 0.3) is 0 Å². The number of amides is 1. The van der Waals surface area contributed by atoms with Crippen LogP contribution in [0.4, 0.5) is 4.79 Å². The van der Waals surface area contributed by atoms with Gasteiger partial charge in [0.15, 0.2) is 0 Å². The third kappa shape index (κ3) is 23.4. The first kappa shape index (κ1) is 32.9. The molecule has 29 heavy (non-hydrogen) atoms. The van der Waals surface area contributed by atoms with Gasteiger partial charge in [0.2, 0.25) is 0 Å². The number of aliphatic hydroxyl groups excluding tert-OH is 1. The standard InChI is InChI=1S/C10H22O.C9H17NO2.C4H10.C2H6/c1-4-6-10(8-11)7-9(3)5-2;1-9(2,3)12-8(11)10-6-4-5-7-10;1-3-4-2;1-2/h9-11H,4-8H2,1-3H3;4-7H2,1-3H3;3-4H2,1-2H3;1-2H3. The summed E-state index contributed by atoms with van der Waals surface area (Å²) in [5.41, 5.74) is -0.361. The average molecular weight is 418 g/mol. The summed E-state index contributed by atoms with van der Waals surface area (Å²) in [5, 5.41) is 9.00. The van der Waals surface area contributed by atoms with Crippen LogP contribution in [0.25, 0.3) is 0 Å². The second-order valence-corrected chi connectivity index (χ2v) is 8.76. The molecule has 1 aliphatic rings. The predicted octanol–water partition coefficient (Wildman–Crippen LogP) is 7.68. The molecule has 4 nitrogen and oxygen atoms in total. The number of unbranched alkanes of at least 4 members (excludes halogenated alkanes) is 1. The van der Waals surface area contributed by atoms with E-state index in [9.17, 15) is 4.79 Å². The van der Waals surface area contributed by atoms with Crippen LogP contribution in [0.15, 0.2) is 0 Å². The number of rotatable bonds is 7. The third-order valence-electron chi connectivity index (χ3n) is 4.65. The topological polar surface area (TPSA) is 49.8 Å². The second kappa shape index (κ2) is 21.9. The molecule has 178 valence electrons. The van der Waals surface area contributed by atoms with Gasteiger partial charge in [-0.05, 0) is 58.3 Å². The summed E-state index contributed by atoms with van der Waals surface area (Å²) in [6, 6.07) is 0. The van der Waals surface area contributed by atoms with Gasteiger partial charge >= 0.3 is 6.09 Å². The summed E-state index contributed by atoms with van der Waals surface area (Å²) in [6.07, 6.45) is 9.50. The van der Waals surface area contributed by atoms with Crippen LogP contribution in [-0.2, 0) is 4.74 Å². The molecule has 1 heterocycles. The number of carbonyl (C=O) groups is 1. The minimum Gasteiger partial charge on any atom is -0.444 e. The number of ether oxygens (including phenoxy) is 1. The molecule has 1 rings (SSSR count). The van der Waals surface area contributed by atoms with E-state index in [0.717, 1.165) is 31.8 Å². The van der Waals surface area contributed by atoms with Crippen molar-refractivity contribution in [2.75, 3.05) is 19.7 Å². The summed E-state index contributed by atoms with van der Waals surface area (Å²) in [4.78, 5) is 13.1. The van der Waals surface area contributed by atoms with Gasteiger partial charge in [0.05, 0.1) is 0 Å². The van der Waals surface area contributed by atoms with Crippen molar-refractivity contribution in [3.05, 3.63) is 0 Å². The van der Waals surface area contributed by atoms with Crippen molar-refractivity contribution < 1.29 is 14.6 Å². The Kier molecular flexibility index (Phi) is 24.9. The minimum absolute atomic E-state index is 0.167. The Balaban J connectivity index is -0.000000369. The van der Waals surface area contributed by atoms with Gasteiger partial charge in [-0.1, -0.05) is 74.1 Å². The number of likely N-dealkylation sites (tertiary alicyclic amines) is 1. The lowest BCUT2D eigenvalue weighted by molar-refractivity contribution is 0.0295. The normalized spacial score (nSPS) is 14.9. The van der Waals surface area contributed by atoms with Crippen molar-refractivity contribution in [1.82, 2.24) is 4.90 Å². The van der Waals surface area contributed by atoms with E-state index in [1.807, 2.05) is 34.6 Å². The molecular formula is C25H55NO3. The van der Waals surface area contributed by atoms with Gasteiger partial charge in [-0.25, -0.2) is 4.79 Å². The Labute approximate surface area is 183 Å². The molecule has 2 unspecified atom stereocenters. The van der Waals surface area contributed by atoms with Crippen LogP contribution in [0.5, 0.6) is 0 Å². The van der Waals surface area contributed by atoms with Crippen molar-refractivity contribution in [2.24, 2.45) is 11.8 Å². The zero-order chi connectivity index (χ0) is 23.3. The van der Waals surface area contributed by atoms with E-state index in [2.05, 4.69) is 34.6 Å². The maximum absolute atomic E-state index is 11.4. The molecule has 1 amide bonds. The van der Waals surface area contributed by atoms with Crippen molar-refractivity contribution in [3.8, 4) is 0 Å². The molecule has 0 aromatic rings. The van der Waals surface area contributed by atoms with E-state index < -0.39 is 0 Å². The van der Waals surface area contributed by atoms with Crippen LogP contribution in [0, 0.1) is 11.8 Å². The number of carbonyl (C=O) groups excluding carboxylic acids is 1. The Hall–Kier alpha value is -0.770. The fourth-order valence-corrected chi connectivity index (χ4v) is 2.65. The lowest BCUT2D eigenvalue weighted by Crippen LogP contribution is -2.34. The van der Waals surface area contributed by atoms with Gasteiger partial charge in [-0.15, -0.1) is 0 Å². The van der Waals surface area contributed by atoms with Crippen molar-refractivity contribution in [1.29, 1.82) is 0 Å². The van der Waals surface area contributed by atoms with E-state index in [1.165, 1.54) is 38.5 Å². The van der Waals surface area contributed by atoms with Crippen LogP contribution >= 0.6 is 0 Å². The smallest absolute Gasteiger partial charge is 0.410 e. The molecule has 0 spiro atoms. The van der Waals surface area contributed by atoms with Crippen LogP contribution < -0.4 is 0 Å². The first-order valence-corrected chi connectivity index (χ1v) is 12.2. The summed E-state index contributed by atoms with van der Waals surface area (Å²) >= 11 is 0. The van der Waals surface area contributed by atoms with Crippen LogP contribution in [0.2, 0.25) is 0 Å². The minimum atomic E-state index is -0.361. The molecule has 0 bridgehead atoms. The molecule has 1 saturated heterocycles. The summed E-state index contributed by atoms with van der Waals surface area (Å²) in [7, 11) is 0. The van der Waals surface area contributed by atoms with Crippen LogP contribution in [0.1, 0.15) is 121 Å². The number of aliphatic hydroxyl groups is 1. The maximum Gasteiger partial charge on any atom is 0.410 e. The summed E-state index contributed by atoms with van der Waals surface area (Å²) in [5.74, 6) is 1.33. The summed E-state index contributed by atoms with van der Waals surface area (Å²) < 4.78 is 5.21. The maximum atomic E-state index is 11.4. The van der Waals surface area contributed by atoms with Crippen molar-refractivity contribution >= 4 is 6.09 Å². The quantitative estimate of drug-likeness (QED) is 0.462. The van der Waals surface area contributed by atoms with Crippen molar-refractivity contribution in [2.45, 2.75) is 126 Å². The van der Waals surface area contributed by atoms with E-state index in [1.54, 1.807) is 4.90 Å². The predicted molar refractivity (Wildman–Crippen MR) is 129 cm³/mol. The molecule has 2 atom stereocenters. The average Bonchev–Trinajstić information content (AvgIpc) is 3.23. The Morgan fingerprint density at radius 2 is 1.48 bits per heavy atom. The lowest BCUT2D eigenvalue weighted by Gasteiger charge is -2.23. The van der Waals surface area contributed by atoms with Gasteiger partial charge in [0, 0.05) is 19.7 Å². The molecule has 0 aromatic heterocycles. The highest BCUT2D eigenvalue weighted by molar-refractivity contribution is 5.68. The zero-order valence-corrected chi connectivity index (χ0v) is 21.6. The van der Waals surface area contributed by atoms with Gasteiger partial charge < -0.3 is 14.7 Å². The summed E-state index contributed by atoms with van der Waals surface area (Å²) in [6.45, 7) is 22.8. The highest BCUT2D eigenvalue weighted by Gasteiger charge is 2.23. The molecule has 0 saturated carbocycles. The monoisotopic (exact) mass is 417 g/mol.